The Morgan fingerprint density at radius 3 is 2.71 bits per heavy atom. The van der Waals surface area contributed by atoms with Crippen LogP contribution in [0.1, 0.15) is 0 Å². The Morgan fingerprint density at radius 2 is 2.04 bits per heavy atom. The number of pyridine rings is 1. The summed E-state index contributed by atoms with van der Waals surface area (Å²) in [6.07, 6.45) is 8.08. The molecule has 0 saturated heterocycles. The van der Waals surface area contributed by atoms with Crippen LogP contribution in [0.5, 0.6) is 0 Å². The lowest BCUT2D eigenvalue weighted by atomic mass is 10.2. The molecule has 0 atom stereocenters. The van der Waals surface area contributed by atoms with E-state index in [1.807, 2.05) is 18.3 Å². The van der Waals surface area contributed by atoms with Gasteiger partial charge in [-0.2, -0.15) is 0 Å². The number of sulfone groups is 1. The number of rotatable bonds is 3. The first-order chi connectivity index (χ1) is 11.5. The molecular weight excluding hydrogens is 326 g/mol. The van der Waals surface area contributed by atoms with E-state index in [0.29, 0.717) is 16.9 Å². The van der Waals surface area contributed by atoms with E-state index < -0.39 is 9.84 Å². The fourth-order valence-electron chi connectivity index (χ4n) is 2.43. The summed E-state index contributed by atoms with van der Waals surface area (Å²) in [6, 6.07) is 8.61. The average molecular weight is 339 g/mol. The molecule has 4 rings (SSSR count). The number of nitrogens with one attached hydrogen (secondary N) is 1. The van der Waals surface area contributed by atoms with Crippen LogP contribution in [0, 0.1) is 0 Å². The Kier molecular flexibility index (Phi) is 3.20. The van der Waals surface area contributed by atoms with Crippen molar-refractivity contribution < 1.29 is 8.42 Å². The zero-order valence-corrected chi connectivity index (χ0v) is 13.5. The van der Waals surface area contributed by atoms with Crippen LogP contribution in [0.25, 0.3) is 28.2 Å². The number of hydrogen-bond donors (Lipinski definition) is 1. The third-order valence-corrected chi connectivity index (χ3v) is 4.78. The third-order valence-electron chi connectivity index (χ3n) is 3.67. The highest BCUT2D eigenvalue weighted by Crippen LogP contribution is 2.22. The van der Waals surface area contributed by atoms with Gasteiger partial charge >= 0.3 is 0 Å². The highest BCUT2D eigenvalue weighted by atomic mass is 32.2. The van der Waals surface area contributed by atoms with Gasteiger partial charge in [-0.3, -0.25) is 4.57 Å². The first kappa shape index (κ1) is 14.6. The summed E-state index contributed by atoms with van der Waals surface area (Å²) in [5, 5.41) is 0. The smallest absolute Gasteiger partial charge is 0.175 e. The van der Waals surface area contributed by atoms with Crippen molar-refractivity contribution in [2.24, 2.45) is 0 Å². The number of fused-ring (bicyclic) bond motifs is 1. The standard InChI is InChI=1S/C16H13N5O2S/c1-24(22,23)12-3-4-13-14(8-12)20-16(19-13)11-2-5-15(18-9-11)21-7-6-17-10-21/h2-10H,1H3,(H,19,20). The summed E-state index contributed by atoms with van der Waals surface area (Å²) in [6.45, 7) is 0. The molecule has 0 fully saturated rings. The van der Waals surface area contributed by atoms with Gasteiger partial charge in [-0.05, 0) is 30.3 Å². The van der Waals surface area contributed by atoms with Gasteiger partial charge in [0.25, 0.3) is 0 Å². The molecule has 24 heavy (non-hydrogen) atoms. The summed E-state index contributed by atoms with van der Waals surface area (Å²) in [5.74, 6) is 1.40. The molecule has 1 aromatic carbocycles. The van der Waals surface area contributed by atoms with Crippen LogP contribution in [-0.4, -0.2) is 39.2 Å². The molecule has 0 amide bonds. The Bertz CT molecular complexity index is 1110. The van der Waals surface area contributed by atoms with E-state index in [1.54, 1.807) is 41.5 Å². The van der Waals surface area contributed by atoms with E-state index in [1.165, 1.54) is 6.26 Å². The molecule has 0 aliphatic rings. The second-order valence-electron chi connectivity index (χ2n) is 5.41. The third kappa shape index (κ3) is 2.56. The normalized spacial score (nSPS) is 11.9. The molecule has 3 heterocycles. The molecule has 0 radical (unpaired) electrons. The minimum Gasteiger partial charge on any atom is -0.338 e. The lowest BCUT2D eigenvalue weighted by molar-refractivity contribution is 0.602. The number of H-pyrrole nitrogens is 1. The van der Waals surface area contributed by atoms with Crippen LogP contribution >= 0.6 is 0 Å². The molecule has 3 aromatic heterocycles. The molecular formula is C16H13N5O2S. The van der Waals surface area contributed by atoms with Gasteiger partial charge in [-0.25, -0.2) is 23.4 Å². The van der Waals surface area contributed by atoms with Crippen LogP contribution in [0.4, 0.5) is 0 Å². The minimum atomic E-state index is -3.25. The summed E-state index contributed by atoms with van der Waals surface area (Å²) < 4.78 is 25.1. The maximum atomic E-state index is 11.7. The van der Waals surface area contributed by atoms with Gasteiger partial charge in [0.2, 0.25) is 0 Å². The van der Waals surface area contributed by atoms with Crippen molar-refractivity contribution in [3.8, 4) is 17.2 Å². The van der Waals surface area contributed by atoms with Crippen LogP contribution in [0.2, 0.25) is 0 Å². The molecule has 4 aromatic rings. The van der Waals surface area contributed by atoms with Crippen molar-refractivity contribution in [2.45, 2.75) is 4.90 Å². The summed E-state index contributed by atoms with van der Waals surface area (Å²) in [5.41, 5.74) is 2.19. The van der Waals surface area contributed by atoms with Crippen LogP contribution in [0.15, 0.2) is 60.1 Å². The lowest BCUT2D eigenvalue weighted by Gasteiger charge is -2.01. The highest BCUT2D eigenvalue weighted by molar-refractivity contribution is 7.90. The molecule has 7 nitrogen and oxygen atoms in total. The maximum absolute atomic E-state index is 11.7. The summed E-state index contributed by atoms with van der Waals surface area (Å²) in [7, 11) is -3.25. The van der Waals surface area contributed by atoms with Crippen molar-refractivity contribution in [3.63, 3.8) is 0 Å². The van der Waals surface area contributed by atoms with Crippen LogP contribution < -0.4 is 0 Å². The van der Waals surface area contributed by atoms with Gasteiger partial charge in [0.15, 0.2) is 9.84 Å². The van der Waals surface area contributed by atoms with E-state index in [0.717, 1.165) is 11.4 Å². The van der Waals surface area contributed by atoms with E-state index in [-0.39, 0.29) is 4.90 Å². The van der Waals surface area contributed by atoms with Gasteiger partial charge < -0.3 is 4.98 Å². The molecule has 120 valence electrons. The van der Waals surface area contributed by atoms with E-state index in [2.05, 4.69) is 19.9 Å². The Labute approximate surface area is 138 Å². The van der Waals surface area contributed by atoms with Crippen molar-refractivity contribution in [1.82, 2.24) is 24.5 Å². The van der Waals surface area contributed by atoms with E-state index >= 15 is 0 Å². The van der Waals surface area contributed by atoms with Crippen molar-refractivity contribution >= 4 is 20.9 Å². The van der Waals surface area contributed by atoms with E-state index in [4.69, 9.17) is 0 Å². The first-order valence-electron chi connectivity index (χ1n) is 7.15. The zero-order chi connectivity index (χ0) is 16.7. The SMILES string of the molecule is CS(=O)(=O)c1ccc2nc(-c3ccc(-n4ccnc4)nc3)[nH]c2c1. The topological polar surface area (TPSA) is 93.5 Å². The predicted octanol–water partition coefficient (Wildman–Crippen LogP) is 2.21. The fourth-order valence-corrected chi connectivity index (χ4v) is 3.08. The van der Waals surface area contributed by atoms with Gasteiger partial charge in [0.05, 0.1) is 15.9 Å². The first-order valence-corrected chi connectivity index (χ1v) is 9.04. The minimum absolute atomic E-state index is 0.263. The number of benzene rings is 1. The lowest BCUT2D eigenvalue weighted by Crippen LogP contribution is -1.96. The largest absolute Gasteiger partial charge is 0.338 e. The maximum Gasteiger partial charge on any atom is 0.175 e. The number of aromatic nitrogens is 5. The molecule has 0 aliphatic carbocycles. The van der Waals surface area contributed by atoms with E-state index in [9.17, 15) is 8.42 Å². The zero-order valence-electron chi connectivity index (χ0n) is 12.7. The Balaban J connectivity index is 1.74. The summed E-state index contributed by atoms with van der Waals surface area (Å²) >= 11 is 0. The van der Waals surface area contributed by atoms with Gasteiger partial charge in [-0.1, -0.05) is 0 Å². The van der Waals surface area contributed by atoms with Crippen molar-refractivity contribution in [2.75, 3.05) is 6.26 Å². The van der Waals surface area contributed by atoms with Crippen LogP contribution in [0.3, 0.4) is 0 Å². The Hall–Kier alpha value is -3.00. The fraction of sp³-hybridized carbons (Fsp3) is 0.0625. The summed E-state index contributed by atoms with van der Waals surface area (Å²) in [4.78, 5) is 16.3. The number of nitrogens with zero attached hydrogens (tertiary/aromatic N) is 4. The molecule has 1 N–H and O–H groups in total. The molecule has 0 aliphatic heterocycles. The van der Waals surface area contributed by atoms with Crippen molar-refractivity contribution in [3.05, 3.63) is 55.2 Å². The highest BCUT2D eigenvalue weighted by Gasteiger charge is 2.11. The molecule has 0 bridgehead atoms. The second kappa shape index (κ2) is 5.27. The second-order valence-corrected chi connectivity index (χ2v) is 7.43. The Morgan fingerprint density at radius 1 is 1.17 bits per heavy atom. The van der Waals surface area contributed by atoms with Gasteiger partial charge in [0.1, 0.15) is 18.0 Å². The average Bonchev–Trinajstić information content (AvgIpc) is 3.23. The van der Waals surface area contributed by atoms with Gasteiger partial charge in [0, 0.05) is 30.4 Å². The molecule has 0 unspecified atom stereocenters. The van der Waals surface area contributed by atoms with Crippen LogP contribution in [-0.2, 0) is 9.84 Å². The quantitative estimate of drug-likeness (QED) is 0.618. The number of hydrogen-bond acceptors (Lipinski definition) is 5. The number of imidazole rings is 2. The molecule has 8 heteroatoms. The number of aromatic amines is 1. The predicted molar refractivity (Wildman–Crippen MR) is 89.6 cm³/mol. The molecule has 0 saturated carbocycles. The molecule has 0 spiro atoms. The van der Waals surface area contributed by atoms with Crippen molar-refractivity contribution in [1.29, 1.82) is 0 Å². The monoisotopic (exact) mass is 339 g/mol. The van der Waals surface area contributed by atoms with Gasteiger partial charge in [-0.15, -0.1) is 0 Å².